The minimum Gasteiger partial charge on any atom is -0.318 e. The molecule has 6 heteroatoms. The Morgan fingerprint density at radius 3 is 2.48 bits per heavy atom. The number of aromatic nitrogens is 2. The minimum absolute atomic E-state index is 0.0916. The lowest BCUT2D eigenvalue weighted by molar-refractivity contribution is 0.182. The molecule has 0 radical (unpaired) electrons. The highest BCUT2D eigenvalue weighted by atomic mass is 19.1. The van der Waals surface area contributed by atoms with Crippen LogP contribution in [-0.4, -0.2) is 39.5 Å². The average molecular weight is 338 g/mol. The summed E-state index contributed by atoms with van der Waals surface area (Å²) < 4.78 is 13.1. The molecule has 0 unspecified atom stereocenters. The predicted octanol–water partition coefficient (Wildman–Crippen LogP) is 3.06. The Balaban J connectivity index is 1.79. The molecule has 1 saturated heterocycles. The van der Waals surface area contributed by atoms with E-state index in [1.54, 1.807) is 34.3 Å². The average Bonchev–Trinajstić information content (AvgIpc) is 2.82. The highest BCUT2D eigenvalue weighted by Gasteiger charge is 2.43. The van der Waals surface area contributed by atoms with Gasteiger partial charge >= 0.3 is 6.03 Å². The number of carbonyl (C=O) groups excluding carboxylic acids is 1. The molecule has 1 fully saturated rings. The van der Waals surface area contributed by atoms with Crippen molar-refractivity contribution in [3.8, 4) is 11.8 Å². The summed E-state index contributed by atoms with van der Waals surface area (Å²) in [5.41, 5.74) is 0.927. The molecule has 5 nitrogen and oxygen atoms in total. The van der Waals surface area contributed by atoms with Crippen molar-refractivity contribution in [1.82, 2.24) is 14.9 Å². The van der Waals surface area contributed by atoms with Crippen molar-refractivity contribution in [3.63, 3.8) is 0 Å². The molecular formula is C19H19FN4O. The lowest BCUT2D eigenvalue weighted by atomic mass is 10.1. The van der Waals surface area contributed by atoms with Gasteiger partial charge in [0.15, 0.2) is 0 Å². The van der Waals surface area contributed by atoms with Crippen LogP contribution in [0.5, 0.6) is 0 Å². The Morgan fingerprint density at radius 2 is 1.88 bits per heavy atom. The van der Waals surface area contributed by atoms with Crippen LogP contribution in [0.4, 0.5) is 15.1 Å². The number of nitrogens with zero attached hydrogens (tertiary/aromatic N) is 4. The van der Waals surface area contributed by atoms with Crippen molar-refractivity contribution < 1.29 is 9.18 Å². The lowest BCUT2D eigenvalue weighted by Crippen LogP contribution is -2.41. The first-order chi connectivity index (χ1) is 11.9. The van der Waals surface area contributed by atoms with Crippen LogP contribution in [0.25, 0.3) is 0 Å². The summed E-state index contributed by atoms with van der Waals surface area (Å²) in [5.74, 6) is 5.81. The number of hydrogen-bond donors (Lipinski definition) is 0. The number of halogens is 1. The number of carbonyl (C=O) groups is 1. The van der Waals surface area contributed by atoms with Crippen LogP contribution in [0.2, 0.25) is 0 Å². The molecule has 0 aliphatic carbocycles. The van der Waals surface area contributed by atoms with E-state index in [1.165, 1.54) is 12.1 Å². The summed E-state index contributed by atoms with van der Waals surface area (Å²) in [7, 11) is 0. The van der Waals surface area contributed by atoms with Gasteiger partial charge in [-0.2, -0.15) is 0 Å². The first-order valence-corrected chi connectivity index (χ1v) is 8.09. The number of anilines is 1. The first-order valence-electron chi connectivity index (χ1n) is 8.09. The largest absolute Gasteiger partial charge is 0.327 e. The summed E-state index contributed by atoms with van der Waals surface area (Å²) in [6, 6.07) is 5.99. The Kier molecular flexibility index (Phi) is 4.41. The Bertz CT molecular complexity index is 852. The molecule has 25 heavy (non-hydrogen) atoms. The molecule has 3 rings (SSSR count). The summed E-state index contributed by atoms with van der Waals surface area (Å²) in [4.78, 5) is 24.4. The van der Waals surface area contributed by atoms with E-state index in [0.29, 0.717) is 30.2 Å². The Morgan fingerprint density at radius 1 is 1.20 bits per heavy atom. The molecule has 2 aromatic rings. The van der Waals surface area contributed by atoms with Gasteiger partial charge in [-0.15, -0.1) is 0 Å². The molecule has 2 amide bonds. The molecule has 128 valence electrons. The Labute approximate surface area is 146 Å². The second kappa shape index (κ2) is 6.52. The van der Waals surface area contributed by atoms with Gasteiger partial charge in [0.1, 0.15) is 5.82 Å². The van der Waals surface area contributed by atoms with Crippen LogP contribution >= 0.6 is 0 Å². The monoisotopic (exact) mass is 338 g/mol. The number of benzene rings is 1. The quantitative estimate of drug-likeness (QED) is 0.791. The van der Waals surface area contributed by atoms with Crippen LogP contribution in [0.15, 0.2) is 36.7 Å². The van der Waals surface area contributed by atoms with E-state index in [9.17, 15) is 9.18 Å². The fraction of sp³-hybridized carbons (Fsp3) is 0.316. The number of urea groups is 1. The minimum atomic E-state index is -0.325. The van der Waals surface area contributed by atoms with E-state index in [-0.39, 0.29) is 17.4 Å². The van der Waals surface area contributed by atoms with Crippen LogP contribution in [0, 0.1) is 17.7 Å². The molecule has 0 atom stereocenters. The van der Waals surface area contributed by atoms with Gasteiger partial charge in [0.2, 0.25) is 5.95 Å². The molecule has 0 saturated carbocycles. The highest BCUT2D eigenvalue weighted by Crippen LogP contribution is 2.28. The van der Waals surface area contributed by atoms with Gasteiger partial charge in [-0.25, -0.2) is 19.2 Å². The third-order valence-corrected chi connectivity index (χ3v) is 4.11. The molecule has 0 bridgehead atoms. The van der Waals surface area contributed by atoms with Crippen molar-refractivity contribution in [2.45, 2.75) is 26.3 Å². The molecule has 0 N–H and O–H groups in total. The van der Waals surface area contributed by atoms with Gasteiger partial charge in [0, 0.05) is 24.5 Å². The van der Waals surface area contributed by atoms with Crippen molar-refractivity contribution in [3.05, 3.63) is 53.6 Å². The van der Waals surface area contributed by atoms with Gasteiger partial charge < -0.3 is 4.90 Å². The molecule has 1 aliphatic heterocycles. The van der Waals surface area contributed by atoms with Gasteiger partial charge in [-0.3, -0.25) is 4.90 Å². The smallest absolute Gasteiger partial charge is 0.318 e. The highest BCUT2D eigenvalue weighted by molar-refractivity contribution is 5.93. The molecular weight excluding hydrogens is 319 g/mol. The Hall–Kier alpha value is -2.94. The summed E-state index contributed by atoms with van der Waals surface area (Å²) in [6.07, 6.45) is 3.15. The van der Waals surface area contributed by atoms with Gasteiger partial charge in [-0.1, -0.05) is 17.9 Å². The SMILES string of the molecule is CCN1C(=O)N(c2ncc(C#Cc3cccc(F)c3)cn2)CC1(C)C. The van der Waals surface area contributed by atoms with E-state index < -0.39 is 0 Å². The first kappa shape index (κ1) is 16.9. The lowest BCUT2D eigenvalue weighted by Gasteiger charge is -2.27. The summed E-state index contributed by atoms with van der Waals surface area (Å²) in [6.45, 7) is 7.17. The zero-order valence-electron chi connectivity index (χ0n) is 14.5. The second-order valence-electron chi connectivity index (χ2n) is 6.46. The zero-order valence-corrected chi connectivity index (χ0v) is 14.5. The van der Waals surface area contributed by atoms with Crippen molar-refractivity contribution in [1.29, 1.82) is 0 Å². The second-order valence-corrected chi connectivity index (χ2v) is 6.46. The molecule has 1 aliphatic rings. The van der Waals surface area contributed by atoms with Crippen molar-refractivity contribution in [2.75, 3.05) is 18.0 Å². The zero-order chi connectivity index (χ0) is 18.0. The van der Waals surface area contributed by atoms with E-state index in [4.69, 9.17) is 0 Å². The van der Waals surface area contributed by atoms with Crippen LogP contribution in [0.1, 0.15) is 31.9 Å². The van der Waals surface area contributed by atoms with E-state index in [1.807, 2.05) is 20.8 Å². The summed E-state index contributed by atoms with van der Waals surface area (Å²) >= 11 is 0. The third kappa shape index (κ3) is 3.45. The van der Waals surface area contributed by atoms with E-state index in [0.717, 1.165) is 0 Å². The molecule has 2 heterocycles. The number of rotatable bonds is 2. The van der Waals surface area contributed by atoms with E-state index in [2.05, 4.69) is 21.8 Å². The van der Waals surface area contributed by atoms with Gasteiger partial charge in [0.05, 0.1) is 17.6 Å². The molecule has 1 aromatic carbocycles. The number of amides is 2. The fourth-order valence-corrected chi connectivity index (χ4v) is 2.90. The van der Waals surface area contributed by atoms with Crippen LogP contribution in [-0.2, 0) is 0 Å². The van der Waals surface area contributed by atoms with Crippen LogP contribution in [0.3, 0.4) is 0 Å². The van der Waals surface area contributed by atoms with Crippen LogP contribution < -0.4 is 4.90 Å². The van der Waals surface area contributed by atoms with E-state index >= 15 is 0 Å². The standard InChI is InChI=1S/C19H19FN4O/c1-4-24-18(25)23(13-19(24,2)3)17-21-11-15(12-22-17)9-8-14-6-5-7-16(20)10-14/h5-7,10-12H,4,13H2,1-3H3. The van der Waals surface area contributed by atoms with Gasteiger partial charge in [0.25, 0.3) is 0 Å². The normalized spacial score (nSPS) is 15.9. The van der Waals surface area contributed by atoms with Crippen molar-refractivity contribution >= 4 is 12.0 Å². The number of likely N-dealkylation sites (N-methyl/N-ethyl adjacent to an activating group) is 1. The predicted molar refractivity (Wildman–Crippen MR) is 93.6 cm³/mol. The maximum atomic E-state index is 13.1. The third-order valence-electron chi connectivity index (χ3n) is 4.11. The summed E-state index contributed by atoms with van der Waals surface area (Å²) in [5, 5.41) is 0. The van der Waals surface area contributed by atoms with Crippen molar-refractivity contribution in [2.24, 2.45) is 0 Å². The molecule has 0 spiro atoms. The molecule has 1 aromatic heterocycles. The van der Waals surface area contributed by atoms with Gasteiger partial charge in [-0.05, 0) is 39.0 Å². The topological polar surface area (TPSA) is 49.3 Å². The fourth-order valence-electron chi connectivity index (χ4n) is 2.90. The number of hydrogen-bond acceptors (Lipinski definition) is 3. The maximum Gasteiger partial charge on any atom is 0.327 e. The maximum absolute atomic E-state index is 13.1.